The van der Waals surface area contributed by atoms with Crippen LogP contribution >= 0.6 is 0 Å². The van der Waals surface area contributed by atoms with Crippen LogP contribution in [0.2, 0.25) is 0 Å². The van der Waals surface area contributed by atoms with Gasteiger partial charge in [0.05, 0.1) is 0 Å². The summed E-state index contributed by atoms with van der Waals surface area (Å²) in [6.07, 6.45) is 0. The minimum absolute atomic E-state index is 0.138. The van der Waals surface area contributed by atoms with Gasteiger partial charge in [0, 0.05) is 23.4 Å². The van der Waals surface area contributed by atoms with E-state index in [4.69, 9.17) is 4.74 Å². The van der Waals surface area contributed by atoms with Gasteiger partial charge >= 0.3 is 0 Å². The molecule has 0 fully saturated rings. The molecule has 0 aliphatic rings. The highest BCUT2D eigenvalue weighted by Crippen LogP contribution is 2.22. The van der Waals surface area contributed by atoms with Crippen molar-refractivity contribution in [3.63, 3.8) is 0 Å². The van der Waals surface area contributed by atoms with E-state index in [2.05, 4.69) is 10.6 Å². The predicted octanol–water partition coefficient (Wildman–Crippen LogP) is 4.48. The Morgan fingerprint density at radius 3 is 2.19 bits per heavy atom. The van der Waals surface area contributed by atoms with Gasteiger partial charge < -0.3 is 15.4 Å². The Labute approximate surface area is 158 Å². The van der Waals surface area contributed by atoms with Crippen molar-refractivity contribution >= 4 is 17.5 Å². The smallest absolute Gasteiger partial charge is 0.255 e. The third-order valence-electron chi connectivity index (χ3n) is 3.82. The van der Waals surface area contributed by atoms with E-state index in [1.807, 2.05) is 37.3 Å². The van der Waals surface area contributed by atoms with Crippen molar-refractivity contribution in [2.75, 3.05) is 11.9 Å². The van der Waals surface area contributed by atoms with E-state index in [1.54, 1.807) is 48.5 Å². The van der Waals surface area contributed by atoms with Gasteiger partial charge in [-0.05, 0) is 61.5 Å². The van der Waals surface area contributed by atoms with Crippen molar-refractivity contribution in [1.82, 2.24) is 5.32 Å². The maximum absolute atomic E-state index is 12.5. The lowest BCUT2D eigenvalue weighted by Gasteiger charge is -2.09. The van der Waals surface area contributed by atoms with Gasteiger partial charge in [0.1, 0.15) is 11.5 Å². The molecule has 3 rings (SSSR count). The highest BCUT2D eigenvalue weighted by atomic mass is 16.5. The SMILES string of the molecule is CCNC(=O)c1ccc(NC(=O)c2cccc(Oc3ccccc3)c2)cc1. The summed E-state index contributed by atoms with van der Waals surface area (Å²) in [5, 5.41) is 5.56. The second kappa shape index (κ2) is 8.67. The molecule has 0 spiro atoms. The van der Waals surface area contributed by atoms with Gasteiger partial charge in [-0.15, -0.1) is 0 Å². The molecule has 3 aromatic rings. The molecule has 0 saturated heterocycles. The van der Waals surface area contributed by atoms with Crippen LogP contribution in [-0.2, 0) is 0 Å². The molecule has 5 heteroatoms. The monoisotopic (exact) mass is 360 g/mol. The third-order valence-corrected chi connectivity index (χ3v) is 3.82. The second-order valence-corrected chi connectivity index (χ2v) is 5.83. The maximum atomic E-state index is 12.5. The summed E-state index contributed by atoms with van der Waals surface area (Å²) in [5.41, 5.74) is 1.65. The second-order valence-electron chi connectivity index (χ2n) is 5.83. The molecular formula is C22H20N2O3. The summed E-state index contributed by atoms with van der Waals surface area (Å²) in [6, 6.07) is 23.1. The van der Waals surface area contributed by atoms with Crippen LogP contribution in [0.1, 0.15) is 27.6 Å². The first-order valence-corrected chi connectivity index (χ1v) is 8.68. The summed E-state index contributed by atoms with van der Waals surface area (Å²) in [4.78, 5) is 24.3. The molecule has 27 heavy (non-hydrogen) atoms. The van der Waals surface area contributed by atoms with E-state index in [0.717, 1.165) is 0 Å². The normalized spacial score (nSPS) is 10.1. The lowest BCUT2D eigenvalue weighted by molar-refractivity contribution is 0.0955. The largest absolute Gasteiger partial charge is 0.457 e. The molecule has 2 amide bonds. The molecule has 0 aliphatic heterocycles. The van der Waals surface area contributed by atoms with Crippen molar-refractivity contribution < 1.29 is 14.3 Å². The Morgan fingerprint density at radius 2 is 1.48 bits per heavy atom. The Hall–Kier alpha value is -3.60. The first-order valence-electron chi connectivity index (χ1n) is 8.68. The van der Waals surface area contributed by atoms with Gasteiger partial charge in [-0.1, -0.05) is 24.3 Å². The number of amides is 2. The first kappa shape index (κ1) is 18.2. The highest BCUT2D eigenvalue weighted by Gasteiger charge is 2.09. The lowest BCUT2D eigenvalue weighted by Crippen LogP contribution is -2.22. The number of carbonyl (C=O) groups excluding carboxylic acids is 2. The molecule has 5 nitrogen and oxygen atoms in total. The molecule has 0 saturated carbocycles. The van der Waals surface area contributed by atoms with E-state index in [0.29, 0.717) is 34.9 Å². The van der Waals surface area contributed by atoms with Gasteiger partial charge in [-0.2, -0.15) is 0 Å². The number of benzene rings is 3. The summed E-state index contributed by atoms with van der Waals surface area (Å²) >= 11 is 0. The summed E-state index contributed by atoms with van der Waals surface area (Å²) in [7, 11) is 0. The Bertz CT molecular complexity index is 922. The molecule has 0 aromatic heterocycles. The van der Waals surface area contributed by atoms with E-state index < -0.39 is 0 Å². The number of ether oxygens (including phenoxy) is 1. The van der Waals surface area contributed by atoms with E-state index >= 15 is 0 Å². The highest BCUT2D eigenvalue weighted by molar-refractivity contribution is 6.04. The number of rotatable bonds is 6. The Balaban J connectivity index is 1.67. The summed E-state index contributed by atoms with van der Waals surface area (Å²) in [5.74, 6) is 0.900. The summed E-state index contributed by atoms with van der Waals surface area (Å²) < 4.78 is 5.76. The van der Waals surface area contributed by atoms with Crippen LogP contribution in [0.4, 0.5) is 5.69 Å². The fourth-order valence-corrected chi connectivity index (χ4v) is 2.50. The van der Waals surface area contributed by atoms with Gasteiger partial charge in [-0.25, -0.2) is 0 Å². The van der Waals surface area contributed by atoms with Crippen LogP contribution in [0.25, 0.3) is 0 Å². The molecule has 0 atom stereocenters. The quantitative estimate of drug-likeness (QED) is 0.681. The molecule has 0 bridgehead atoms. The number of hydrogen-bond acceptors (Lipinski definition) is 3. The van der Waals surface area contributed by atoms with Crippen LogP contribution in [0, 0.1) is 0 Å². The van der Waals surface area contributed by atoms with E-state index in [9.17, 15) is 9.59 Å². The number of nitrogens with one attached hydrogen (secondary N) is 2. The van der Waals surface area contributed by atoms with Gasteiger partial charge in [0.25, 0.3) is 11.8 Å². The van der Waals surface area contributed by atoms with Crippen molar-refractivity contribution in [1.29, 1.82) is 0 Å². The van der Waals surface area contributed by atoms with Crippen LogP contribution in [0.5, 0.6) is 11.5 Å². The minimum atomic E-state index is -0.251. The standard InChI is InChI=1S/C22H20N2O3/c1-2-23-21(25)16-11-13-18(14-12-16)24-22(26)17-7-6-10-20(15-17)27-19-8-4-3-5-9-19/h3-15H,2H2,1H3,(H,23,25)(H,24,26). The fraction of sp³-hybridized carbons (Fsp3) is 0.0909. The Morgan fingerprint density at radius 1 is 0.778 bits per heavy atom. The summed E-state index contributed by atoms with van der Waals surface area (Å²) in [6.45, 7) is 2.43. The topological polar surface area (TPSA) is 67.4 Å². The van der Waals surface area contributed by atoms with E-state index in [1.165, 1.54) is 0 Å². The van der Waals surface area contributed by atoms with Crippen LogP contribution in [0.3, 0.4) is 0 Å². The molecule has 136 valence electrons. The van der Waals surface area contributed by atoms with Crippen molar-refractivity contribution in [2.24, 2.45) is 0 Å². The van der Waals surface area contributed by atoms with Crippen molar-refractivity contribution in [3.05, 3.63) is 90.0 Å². The molecule has 0 aliphatic carbocycles. The van der Waals surface area contributed by atoms with Gasteiger partial charge in [0.2, 0.25) is 0 Å². The predicted molar refractivity (Wildman–Crippen MR) is 105 cm³/mol. The van der Waals surface area contributed by atoms with E-state index in [-0.39, 0.29) is 11.8 Å². The van der Waals surface area contributed by atoms with Gasteiger partial charge in [-0.3, -0.25) is 9.59 Å². The zero-order chi connectivity index (χ0) is 19.1. The third kappa shape index (κ3) is 4.95. The number of hydrogen-bond donors (Lipinski definition) is 2. The molecule has 0 unspecified atom stereocenters. The van der Waals surface area contributed by atoms with Crippen LogP contribution in [0.15, 0.2) is 78.9 Å². The maximum Gasteiger partial charge on any atom is 0.255 e. The number of para-hydroxylation sites is 1. The average molecular weight is 360 g/mol. The van der Waals surface area contributed by atoms with Crippen molar-refractivity contribution in [3.8, 4) is 11.5 Å². The Kier molecular flexibility index (Phi) is 5.84. The number of carbonyl (C=O) groups is 2. The molecular weight excluding hydrogens is 340 g/mol. The molecule has 0 radical (unpaired) electrons. The molecule has 0 heterocycles. The van der Waals surface area contributed by atoms with Crippen LogP contribution in [-0.4, -0.2) is 18.4 Å². The van der Waals surface area contributed by atoms with Crippen molar-refractivity contribution in [2.45, 2.75) is 6.92 Å². The average Bonchev–Trinajstić information content (AvgIpc) is 2.70. The fourth-order valence-electron chi connectivity index (χ4n) is 2.50. The zero-order valence-corrected chi connectivity index (χ0v) is 14.9. The first-order chi connectivity index (χ1) is 13.2. The van der Waals surface area contributed by atoms with Gasteiger partial charge in [0.15, 0.2) is 0 Å². The molecule has 2 N–H and O–H groups in total. The van der Waals surface area contributed by atoms with Crippen LogP contribution < -0.4 is 15.4 Å². The lowest BCUT2D eigenvalue weighted by atomic mass is 10.1. The zero-order valence-electron chi connectivity index (χ0n) is 14.9. The minimum Gasteiger partial charge on any atom is -0.457 e. The number of anilines is 1. The molecule has 3 aromatic carbocycles.